The zero-order chi connectivity index (χ0) is 19.5. The maximum Gasteiger partial charge on any atom is 0.318 e. The third-order valence-electron chi connectivity index (χ3n) is 4.39. The van der Waals surface area contributed by atoms with Crippen LogP contribution in [-0.4, -0.2) is 18.5 Å². The molecule has 1 aliphatic heterocycles. The van der Waals surface area contributed by atoms with Crippen LogP contribution in [0.15, 0.2) is 72.8 Å². The van der Waals surface area contributed by atoms with Crippen molar-refractivity contribution in [2.45, 2.75) is 5.92 Å². The molecule has 5 nitrogen and oxygen atoms in total. The van der Waals surface area contributed by atoms with Crippen LogP contribution in [0.5, 0.6) is 11.5 Å². The van der Waals surface area contributed by atoms with Gasteiger partial charge in [0.1, 0.15) is 17.4 Å². The van der Waals surface area contributed by atoms with Gasteiger partial charge in [0.15, 0.2) is 6.61 Å². The number of carbonyl (C=O) groups is 2. The quantitative estimate of drug-likeness (QED) is 0.430. The first-order valence-corrected chi connectivity index (χ1v) is 9.77. The van der Waals surface area contributed by atoms with Crippen LogP contribution in [0.25, 0.3) is 0 Å². The summed E-state index contributed by atoms with van der Waals surface area (Å²) >= 11 is 2.19. The number of esters is 1. The van der Waals surface area contributed by atoms with E-state index in [1.807, 2.05) is 60.7 Å². The molecule has 0 saturated heterocycles. The molecule has 3 aromatic rings. The highest BCUT2D eigenvalue weighted by molar-refractivity contribution is 14.1. The summed E-state index contributed by atoms with van der Waals surface area (Å²) in [6.45, 7) is -0.355. The SMILES string of the molecule is O=C(COC(=O)C1c2ccccc2Oc2ccccc21)Nc1ccc(I)cc1. The summed E-state index contributed by atoms with van der Waals surface area (Å²) in [4.78, 5) is 25.0. The Bertz CT molecular complexity index is 987. The van der Waals surface area contributed by atoms with Gasteiger partial charge in [-0.25, -0.2) is 0 Å². The Morgan fingerprint density at radius 2 is 1.46 bits per heavy atom. The van der Waals surface area contributed by atoms with Crippen molar-refractivity contribution >= 4 is 40.2 Å². The lowest BCUT2D eigenvalue weighted by Crippen LogP contribution is -2.26. The number of carbonyl (C=O) groups excluding carboxylic acids is 2. The second-order valence-electron chi connectivity index (χ2n) is 6.27. The number of nitrogens with one attached hydrogen (secondary N) is 1. The van der Waals surface area contributed by atoms with Gasteiger partial charge >= 0.3 is 5.97 Å². The van der Waals surface area contributed by atoms with Gasteiger partial charge in [-0.05, 0) is 59.0 Å². The summed E-state index contributed by atoms with van der Waals surface area (Å²) in [6.07, 6.45) is 0. The Hall–Kier alpha value is -2.87. The number of hydrogen-bond donors (Lipinski definition) is 1. The van der Waals surface area contributed by atoms with Crippen molar-refractivity contribution in [3.8, 4) is 11.5 Å². The zero-order valence-electron chi connectivity index (χ0n) is 14.7. The second kappa shape index (κ2) is 8.02. The number of anilines is 1. The number of hydrogen-bond acceptors (Lipinski definition) is 4. The molecule has 0 unspecified atom stereocenters. The van der Waals surface area contributed by atoms with Crippen molar-refractivity contribution in [2.24, 2.45) is 0 Å². The van der Waals surface area contributed by atoms with E-state index in [1.165, 1.54) is 0 Å². The Labute approximate surface area is 175 Å². The molecule has 1 heterocycles. The highest BCUT2D eigenvalue weighted by Crippen LogP contribution is 2.44. The lowest BCUT2D eigenvalue weighted by Gasteiger charge is -2.26. The monoisotopic (exact) mass is 485 g/mol. The van der Waals surface area contributed by atoms with E-state index in [4.69, 9.17) is 9.47 Å². The molecule has 1 aliphatic rings. The number of fused-ring (bicyclic) bond motifs is 2. The molecule has 0 atom stereocenters. The molecule has 6 heteroatoms. The van der Waals surface area contributed by atoms with Crippen molar-refractivity contribution in [3.05, 3.63) is 87.5 Å². The van der Waals surface area contributed by atoms with Gasteiger partial charge in [-0.2, -0.15) is 0 Å². The molecule has 0 aromatic heterocycles. The maximum atomic E-state index is 12.9. The van der Waals surface area contributed by atoms with Crippen LogP contribution in [0, 0.1) is 3.57 Å². The summed E-state index contributed by atoms with van der Waals surface area (Å²) in [5.41, 5.74) is 2.11. The van der Waals surface area contributed by atoms with Gasteiger partial charge in [-0.3, -0.25) is 9.59 Å². The van der Waals surface area contributed by atoms with E-state index in [0.717, 1.165) is 14.7 Å². The second-order valence-corrected chi connectivity index (χ2v) is 7.52. The van der Waals surface area contributed by atoms with E-state index < -0.39 is 11.9 Å². The number of para-hydroxylation sites is 2. The highest BCUT2D eigenvalue weighted by Gasteiger charge is 2.33. The van der Waals surface area contributed by atoms with Gasteiger partial charge in [0, 0.05) is 20.4 Å². The highest BCUT2D eigenvalue weighted by atomic mass is 127. The van der Waals surface area contributed by atoms with Crippen LogP contribution >= 0.6 is 22.6 Å². The van der Waals surface area contributed by atoms with Crippen LogP contribution in [0.1, 0.15) is 17.0 Å². The van der Waals surface area contributed by atoms with E-state index >= 15 is 0 Å². The predicted molar refractivity (Wildman–Crippen MR) is 114 cm³/mol. The van der Waals surface area contributed by atoms with E-state index in [1.54, 1.807) is 12.1 Å². The lowest BCUT2D eigenvalue weighted by atomic mass is 9.88. The molecule has 0 bridgehead atoms. The van der Waals surface area contributed by atoms with Gasteiger partial charge in [-0.15, -0.1) is 0 Å². The van der Waals surface area contributed by atoms with E-state index in [2.05, 4.69) is 27.9 Å². The summed E-state index contributed by atoms with van der Waals surface area (Å²) in [6, 6.07) is 22.1. The summed E-state index contributed by atoms with van der Waals surface area (Å²) in [5.74, 6) is -0.269. The molecule has 140 valence electrons. The van der Waals surface area contributed by atoms with E-state index in [0.29, 0.717) is 17.2 Å². The molecular formula is C22H16INO4. The summed E-state index contributed by atoms with van der Waals surface area (Å²) in [7, 11) is 0. The molecule has 0 fully saturated rings. The van der Waals surface area contributed by atoms with Crippen molar-refractivity contribution in [2.75, 3.05) is 11.9 Å². The van der Waals surface area contributed by atoms with Gasteiger partial charge in [0.25, 0.3) is 5.91 Å². The molecule has 1 amide bonds. The summed E-state index contributed by atoms with van der Waals surface area (Å²) in [5, 5.41) is 2.72. The Morgan fingerprint density at radius 1 is 0.893 bits per heavy atom. The Balaban J connectivity index is 1.49. The molecule has 4 rings (SSSR count). The standard InChI is InChI=1S/C22H16INO4/c23-14-9-11-15(12-10-14)24-20(25)13-27-22(26)21-16-5-1-3-7-18(16)28-19-8-4-2-6-17(19)21/h1-12,21H,13H2,(H,24,25). The van der Waals surface area contributed by atoms with Crippen molar-refractivity contribution in [1.82, 2.24) is 0 Å². The molecule has 0 spiro atoms. The molecule has 0 aliphatic carbocycles. The van der Waals surface area contributed by atoms with Crippen LogP contribution < -0.4 is 10.1 Å². The van der Waals surface area contributed by atoms with Gasteiger partial charge < -0.3 is 14.8 Å². The van der Waals surface area contributed by atoms with Crippen LogP contribution in [0.4, 0.5) is 5.69 Å². The van der Waals surface area contributed by atoms with Crippen molar-refractivity contribution in [1.29, 1.82) is 0 Å². The number of rotatable bonds is 4. The lowest BCUT2D eigenvalue weighted by molar-refractivity contribution is -0.148. The topological polar surface area (TPSA) is 64.6 Å². The van der Waals surface area contributed by atoms with E-state index in [9.17, 15) is 9.59 Å². The fourth-order valence-corrected chi connectivity index (χ4v) is 3.47. The van der Waals surface area contributed by atoms with Crippen molar-refractivity contribution < 1.29 is 19.1 Å². The van der Waals surface area contributed by atoms with Crippen molar-refractivity contribution in [3.63, 3.8) is 0 Å². The maximum absolute atomic E-state index is 12.9. The first-order valence-electron chi connectivity index (χ1n) is 8.69. The minimum absolute atomic E-state index is 0.355. The first-order chi connectivity index (χ1) is 13.6. The number of ether oxygens (including phenoxy) is 2. The normalized spacial score (nSPS) is 12.3. The number of benzene rings is 3. The molecule has 0 radical (unpaired) electrons. The Morgan fingerprint density at radius 3 is 2.07 bits per heavy atom. The third kappa shape index (κ3) is 3.87. The molecule has 1 N–H and O–H groups in total. The van der Waals surface area contributed by atoms with Gasteiger partial charge in [-0.1, -0.05) is 36.4 Å². The minimum Gasteiger partial charge on any atom is -0.457 e. The number of halogens is 1. The molecule has 0 saturated carbocycles. The molecule has 28 heavy (non-hydrogen) atoms. The van der Waals surface area contributed by atoms with Gasteiger partial charge in [0.05, 0.1) is 0 Å². The minimum atomic E-state index is -0.632. The fraction of sp³-hybridized carbons (Fsp3) is 0.0909. The third-order valence-corrected chi connectivity index (χ3v) is 5.11. The summed E-state index contributed by atoms with van der Waals surface area (Å²) < 4.78 is 12.3. The van der Waals surface area contributed by atoms with Gasteiger partial charge in [0.2, 0.25) is 0 Å². The van der Waals surface area contributed by atoms with Crippen LogP contribution in [0.2, 0.25) is 0 Å². The van der Waals surface area contributed by atoms with Crippen LogP contribution in [0.3, 0.4) is 0 Å². The fourth-order valence-electron chi connectivity index (χ4n) is 3.11. The molecule has 3 aromatic carbocycles. The average molecular weight is 485 g/mol. The largest absolute Gasteiger partial charge is 0.457 e. The average Bonchev–Trinajstić information content (AvgIpc) is 2.72. The number of amides is 1. The predicted octanol–water partition coefficient (Wildman–Crippen LogP) is 4.71. The first kappa shape index (κ1) is 18.5. The zero-order valence-corrected chi connectivity index (χ0v) is 16.9. The molecular weight excluding hydrogens is 469 g/mol. The van der Waals surface area contributed by atoms with Crippen LogP contribution in [-0.2, 0) is 14.3 Å². The Kier molecular flexibility index (Phi) is 5.29. The smallest absolute Gasteiger partial charge is 0.318 e. The van der Waals surface area contributed by atoms with E-state index in [-0.39, 0.29) is 12.5 Å².